The summed E-state index contributed by atoms with van der Waals surface area (Å²) in [6.07, 6.45) is 3.80. The summed E-state index contributed by atoms with van der Waals surface area (Å²) in [6.45, 7) is 0.232. The highest BCUT2D eigenvalue weighted by molar-refractivity contribution is 5.91. The number of aromatic nitrogens is 2. The van der Waals surface area contributed by atoms with Gasteiger partial charge in [0.2, 0.25) is 6.79 Å². The van der Waals surface area contributed by atoms with Crippen molar-refractivity contribution >= 4 is 33.8 Å². The molecule has 0 saturated heterocycles. The predicted molar refractivity (Wildman–Crippen MR) is 126 cm³/mol. The van der Waals surface area contributed by atoms with Crippen molar-refractivity contribution in [2.24, 2.45) is 0 Å². The average Bonchev–Trinajstić information content (AvgIpc) is 3.31. The minimum Gasteiger partial charge on any atom is -0.454 e. The predicted octanol–water partition coefficient (Wildman–Crippen LogP) is 5.44. The Bertz CT molecular complexity index is 1580. The third kappa shape index (κ3) is 3.03. The number of rotatable bonds is 3. The van der Waals surface area contributed by atoms with Crippen LogP contribution in [0, 0.1) is 0 Å². The van der Waals surface area contributed by atoms with Crippen LogP contribution in [0.15, 0.2) is 89.7 Å². The maximum Gasteiger partial charge on any atom is 0.266 e. The monoisotopic (exact) mass is 418 g/mol. The van der Waals surface area contributed by atoms with E-state index in [1.54, 1.807) is 4.57 Å². The number of hydrogen-bond donors (Lipinski definition) is 0. The standard InChI is InChI=1S/C27H18N2O3/c30-27-21-9-3-4-10-22(21)28-26(15-13-18-12-14-24-25(16-18)32-17-31-24)29(27)23-11-5-7-19-6-1-2-8-20(19)23/h1-16H,17H2. The fourth-order valence-electron chi connectivity index (χ4n) is 4.09. The van der Waals surface area contributed by atoms with Crippen molar-refractivity contribution in [3.63, 3.8) is 0 Å². The molecular weight excluding hydrogens is 400 g/mol. The largest absolute Gasteiger partial charge is 0.454 e. The van der Waals surface area contributed by atoms with E-state index in [2.05, 4.69) is 0 Å². The van der Waals surface area contributed by atoms with E-state index < -0.39 is 0 Å². The van der Waals surface area contributed by atoms with E-state index in [1.165, 1.54) is 0 Å². The Hall–Kier alpha value is -4.38. The lowest BCUT2D eigenvalue weighted by atomic mass is 10.1. The van der Waals surface area contributed by atoms with Gasteiger partial charge >= 0.3 is 0 Å². The first kappa shape index (κ1) is 18.4. The van der Waals surface area contributed by atoms with Crippen LogP contribution in [0.2, 0.25) is 0 Å². The van der Waals surface area contributed by atoms with E-state index in [-0.39, 0.29) is 12.4 Å². The van der Waals surface area contributed by atoms with Crippen LogP contribution in [0.3, 0.4) is 0 Å². The van der Waals surface area contributed by atoms with Gasteiger partial charge in [0.25, 0.3) is 5.56 Å². The number of nitrogens with zero attached hydrogens (tertiary/aromatic N) is 2. The maximum absolute atomic E-state index is 13.6. The van der Waals surface area contributed by atoms with Crippen LogP contribution in [0.1, 0.15) is 11.4 Å². The first-order valence-electron chi connectivity index (χ1n) is 10.4. The second-order valence-corrected chi connectivity index (χ2v) is 7.57. The number of hydrogen-bond acceptors (Lipinski definition) is 4. The van der Waals surface area contributed by atoms with Crippen molar-refractivity contribution in [3.8, 4) is 17.2 Å². The number of ether oxygens (including phenoxy) is 2. The van der Waals surface area contributed by atoms with Gasteiger partial charge in [0.15, 0.2) is 11.5 Å². The molecule has 5 aromatic rings. The van der Waals surface area contributed by atoms with Crippen LogP contribution >= 0.6 is 0 Å². The molecule has 0 unspecified atom stereocenters. The summed E-state index contributed by atoms with van der Waals surface area (Å²) >= 11 is 0. The molecule has 0 fully saturated rings. The van der Waals surface area contributed by atoms with Gasteiger partial charge in [0, 0.05) is 5.39 Å². The van der Waals surface area contributed by atoms with E-state index in [0.717, 1.165) is 27.8 Å². The smallest absolute Gasteiger partial charge is 0.266 e. The quantitative estimate of drug-likeness (QED) is 0.392. The lowest BCUT2D eigenvalue weighted by molar-refractivity contribution is 0.174. The van der Waals surface area contributed by atoms with Gasteiger partial charge in [-0.2, -0.15) is 0 Å². The van der Waals surface area contributed by atoms with Gasteiger partial charge in [-0.05, 0) is 47.4 Å². The Kier molecular flexibility index (Phi) is 4.25. The highest BCUT2D eigenvalue weighted by Gasteiger charge is 2.14. The molecule has 0 spiro atoms. The molecule has 154 valence electrons. The van der Waals surface area contributed by atoms with Crippen LogP contribution in [0.5, 0.6) is 11.5 Å². The average molecular weight is 418 g/mol. The van der Waals surface area contributed by atoms with Crippen molar-refractivity contribution in [3.05, 3.63) is 107 Å². The lowest BCUT2D eigenvalue weighted by Crippen LogP contribution is -2.22. The Morgan fingerprint density at radius 1 is 0.781 bits per heavy atom. The molecule has 0 aliphatic carbocycles. The molecule has 0 atom stereocenters. The summed E-state index contributed by atoms with van der Waals surface area (Å²) in [6, 6.07) is 27.2. The van der Waals surface area contributed by atoms with Gasteiger partial charge in [-0.25, -0.2) is 4.98 Å². The molecule has 1 aromatic heterocycles. The zero-order valence-electron chi connectivity index (χ0n) is 17.1. The van der Waals surface area contributed by atoms with Gasteiger partial charge in [-0.15, -0.1) is 0 Å². The minimum atomic E-state index is -0.0997. The fraction of sp³-hybridized carbons (Fsp3) is 0.0370. The molecule has 32 heavy (non-hydrogen) atoms. The molecule has 4 aromatic carbocycles. The number of para-hydroxylation sites is 1. The van der Waals surface area contributed by atoms with E-state index in [9.17, 15) is 4.79 Å². The third-order valence-electron chi connectivity index (χ3n) is 5.63. The molecular formula is C27H18N2O3. The maximum atomic E-state index is 13.6. The molecule has 5 heteroatoms. The fourth-order valence-corrected chi connectivity index (χ4v) is 4.09. The van der Waals surface area contributed by atoms with Gasteiger partial charge in [-0.3, -0.25) is 9.36 Å². The molecule has 0 radical (unpaired) electrons. The van der Waals surface area contributed by atoms with Crippen LogP contribution in [-0.2, 0) is 0 Å². The topological polar surface area (TPSA) is 53.4 Å². The van der Waals surface area contributed by atoms with Gasteiger partial charge < -0.3 is 9.47 Å². The number of benzene rings is 4. The molecule has 0 bridgehead atoms. The van der Waals surface area contributed by atoms with Crippen molar-refractivity contribution in [2.45, 2.75) is 0 Å². The molecule has 1 aliphatic heterocycles. The highest BCUT2D eigenvalue weighted by Crippen LogP contribution is 2.33. The Balaban J connectivity index is 1.58. The minimum absolute atomic E-state index is 0.0997. The summed E-state index contributed by atoms with van der Waals surface area (Å²) in [7, 11) is 0. The first-order valence-corrected chi connectivity index (χ1v) is 10.4. The SMILES string of the molecule is O=c1c2ccccc2nc(C=Cc2ccc3c(c2)OCO3)n1-c1cccc2ccccc12. The molecule has 5 nitrogen and oxygen atoms in total. The van der Waals surface area contributed by atoms with E-state index in [0.29, 0.717) is 22.5 Å². The molecule has 0 N–H and O–H groups in total. The molecule has 2 heterocycles. The zero-order chi connectivity index (χ0) is 21.5. The Labute approximate surface area is 183 Å². The second-order valence-electron chi connectivity index (χ2n) is 7.57. The highest BCUT2D eigenvalue weighted by atomic mass is 16.7. The van der Waals surface area contributed by atoms with E-state index in [1.807, 2.05) is 97.1 Å². The van der Waals surface area contributed by atoms with Crippen LogP contribution in [-0.4, -0.2) is 16.3 Å². The normalized spacial score (nSPS) is 12.8. The Morgan fingerprint density at radius 2 is 1.56 bits per heavy atom. The van der Waals surface area contributed by atoms with Crippen LogP contribution < -0.4 is 15.0 Å². The van der Waals surface area contributed by atoms with Crippen molar-refractivity contribution in [2.75, 3.05) is 6.79 Å². The molecule has 1 aliphatic rings. The summed E-state index contributed by atoms with van der Waals surface area (Å²) < 4.78 is 12.6. The lowest BCUT2D eigenvalue weighted by Gasteiger charge is -2.14. The van der Waals surface area contributed by atoms with Gasteiger partial charge in [0.1, 0.15) is 5.82 Å². The third-order valence-corrected chi connectivity index (χ3v) is 5.63. The second kappa shape index (κ2) is 7.39. The van der Waals surface area contributed by atoms with Gasteiger partial charge in [-0.1, -0.05) is 60.7 Å². The number of fused-ring (bicyclic) bond motifs is 3. The van der Waals surface area contributed by atoms with E-state index >= 15 is 0 Å². The molecule has 0 saturated carbocycles. The summed E-state index contributed by atoms with van der Waals surface area (Å²) in [5, 5.41) is 2.64. The zero-order valence-corrected chi connectivity index (χ0v) is 17.1. The molecule has 6 rings (SSSR count). The summed E-state index contributed by atoms with van der Waals surface area (Å²) in [5.41, 5.74) is 2.30. The van der Waals surface area contributed by atoms with Gasteiger partial charge in [0.05, 0.1) is 16.6 Å². The van der Waals surface area contributed by atoms with Crippen molar-refractivity contribution in [1.82, 2.24) is 9.55 Å². The Morgan fingerprint density at radius 3 is 2.50 bits per heavy atom. The van der Waals surface area contributed by atoms with E-state index in [4.69, 9.17) is 14.5 Å². The van der Waals surface area contributed by atoms with Crippen LogP contribution in [0.25, 0.3) is 39.5 Å². The molecule has 0 amide bonds. The summed E-state index contributed by atoms with van der Waals surface area (Å²) in [5.74, 6) is 2.01. The van der Waals surface area contributed by atoms with Crippen molar-refractivity contribution in [1.29, 1.82) is 0 Å². The first-order chi connectivity index (χ1) is 15.8. The summed E-state index contributed by atoms with van der Waals surface area (Å²) in [4.78, 5) is 18.4. The van der Waals surface area contributed by atoms with Crippen LogP contribution in [0.4, 0.5) is 0 Å². The van der Waals surface area contributed by atoms with Crippen molar-refractivity contribution < 1.29 is 9.47 Å².